The second kappa shape index (κ2) is 7.45. The third-order valence-corrected chi connectivity index (χ3v) is 6.22. The summed E-state index contributed by atoms with van der Waals surface area (Å²) in [5.74, 6) is 1.21. The molecule has 5 nitrogen and oxygen atoms in total. The van der Waals surface area contributed by atoms with Gasteiger partial charge >= 0.3 is 0 Å². The van der Waals surface area contributed by atoms with Crippen LogP contribution >= 0.6 is 0 Å². The van der Waals surface area contributed by atoms with Crippen molar-refractivity contribution in [2.45, 2.75) is 32.2 Å². The molecule has 0 N–H and O–H groups in total. The van der Waals surface area contributed by atoms with Gasteiger partial charge in [0.25, 0.3) is 0 Å². The van der Waals surface area contributed by atoms with Crippen LogP contribution in [-0.4, -0.2) is 34.0 Å². The van der Waals surface area contributed by atoms with Crippen molar-refractivity contribution < 1.29 is 17.9 Å². The predicted octanol–water partition coefficient (Wildman–Crippen LogP) is 3.45. The monoisotopic (exact) mass is 363 g/mol. The normalized spacial score (nSPS) is 11.6. The van der Waals surface area contributed by atoms with Crippen LogP contribution in [0, 0.1) is 20.8 Å². The van der Waals surface area contributed by atoms with Gasteiger partial charge in [-0.3, -0.25) is 0 Å². The number of sulfonamides is 1. The van der Waals surface area contributed by atoms with Gasteiger partial charge in [0.05, 0.1) is 19.1 Å². The molecule has 0 amide bonds. The molecule has 0 aliphatic rings. The number of aryl methyl sites for hydroxylation is 3. The highest BCUT2D eigenvalue weighted by Gasteiger charge is 2.22. The van der Waals surface area contributed by atoms with Gasteiger partial charge in [-0.25, -0.2) is 8.42 Å². The molecule has 25 heavy (non-hydrogen) atoms. The number of methoxy groups -OCH3 is 2. The molecule has 136 valence electrons. The Bertz CT molecular complexity index is 875. The molecule has 0 aliphatic carbocycles. The molecule has 0 fully saturated rings. The topological polar surface area (TPSA) is 55.8 Å². The first-order valence-corrected chi connectivity index (χ1v) is 9.39. The first kappa shape index (κ1) is 19.3. The Balaban J connectivity index is 2.35. The molecule has 0 spiro atoms. The molecule has 0 atom stereocenters. The van der Waals surface area contributed by atoms with Crippen LogP contribution in [0.1, 0.15) is 22.3 Å². The first-order chi connectivity index (χ1) is 11.7. The number of benzene rings is 2. The Hall–Kier alpha value is -2.05. The molecule has 0 radical (unpaired) electrons. The van der Waals surface area contributed by atoms with E-state index in [9.17, 15) is 8.42 Å². The zero-order valence-corrected chi connectivity index (χ0v) is 16.4. The molecule has 0 bridgehead atoms. The molecular weight excluding hydrogens is 338 g/mol. The summed E-state index contributed by atoms with van der Waals surface area (Å²) in [7, 11) is 1.16. The molecule has 0 saturated heterocycles. The molecule has 0 aliphatic heterocycles. The summed E-state index contributed by atoms with van der Waals surface area (Å²) in [4.78, 5) is 0.302. The number of hydrogen-bond acceptors (Lipinski definition) is 4. The van der Waals surface area contributed by atoms with Gasteiger partial charge in [0, 0.05) is 13.6 Å². The Morgan fingerprint density at radius 2 is 1.48 bits per heavy atom. The van der Waals surface area contributed by atoms with E-state index in [0.29, 0.717) is 16.4 Å². The lowest BCUT2D eigenvalue weighted by Crippen LogP contribution is -2.27. The zero-order valence-electron chi connectivity index (χ0n) is 15.6. The van der Waals surface area contributed by atoms with Crippen molar-refractivity contribution in [3.8, 4) is 11.5 Å². The van der Waals surface area contributed by atoms with Crippen LogP contribution in [0.5, 0.6) is 11.5 Å². The average molecular weight is 363 g/mol. The van der Waals surface area contributed by atoms with E-state index in [1.807, 2.05) is 39.0 Å². The number of rotatable bonds is 6. The van der Waals surface area contributed by atoms with Crippen LogP contribution in [0.2, 0.25) is 0 Å². The fourth-order valence-corrected chi connectivity index (χ4v) is 3.81. The highest BCUT2D eigenvalue weighted by Crippen LogP contribution is 2.31. The largest absolute Gasteiger partial charge is 0.493 e. The molecule has 0 heterocycles. The number of hydrogen-bond donors (Lipinski definition) is 0. The highest BCUT2D eigenvalue weighted by molar-refractivity contribution is 7.89. The van der Waals surface area contributed by atoms with Gasteiger partial charge < -0.3 is 9.47 Å². The van der Waals surface area contributed by atoms with Gasteiger partial charge in [-0.1, -0.05) is 6.07 Å². The van der Waals surface area contributed by atoms with Crippen LogP contribution in [-0.2, 0) is 16.6 Å². The van der Waals surface area contributed by atoms with Crippen molar-refractivity contribution in [2.24, 2.45) is 0 Å². The number of ether oxygens (including phenoxy) is 2. The Morgan fingerprint density at radius 3 is 2.04 bits per heavy atom. The van der Waals surface area contributed by atoms with Crippen molar-refractivity contribution >= 4 is 10.0 Å². The van der Waals surface area contributed by atoms with Crippen molar-refractivity contribution in [3.63, 3.8) is 0 Å². The van der Waals surface area contributed by atoms with E-state index in [4.69, 9.17) is 9.47 Å². The smallest absolute Gasteiger partial charge is 0.243 e. The van der Waals surface area contributed by atoms with Crippen LogP contribution in [0.3, 0.4) is 0 Å². The van der Waals surface area contributed by atoms with Gasteiger partial charge in [-0.2, -0.15) is 4.31 Å². The zero-order chi connectivity index (χ0) is 18.8. The van der Waals surface area contributed by atoms with Crippen molar-refractivity contribution in [2.75, 3.05) is 21.3 Å². The molecular formula is C19H25NO4S. The van der Waals surface area contributed by atoms with Gasteiger partial charge in [0.2, 0.25) is 10.0 Å². The van der Waals surface area contributed by atoms with E-state index in [1.54, 1.807) is 33.4 Å². The summed E-state index contributed by atoms with van der Waals surface area (Å²) in [5, 5.41) is 0. The van der Waals surface area contributed by atoms with Gasteiger partial charge in [0.1, 0.15) is 0 Å². The minimum Gasteiger partial charge on any atom is -0.493 e. The van der Waals surface area contributed by atoms with Gasteiger partial charge in [0.15, 0.2) is 11.5 Å². The van der Waals surface area contributed by atoms with E-state index in [-0.39, 0.29) is 6.54 Å². The second-order valence-electron chi connectivity index (χ2n) is 6.14. The van der Waals surface area contributed by atoms with E-state index in [2.05, 4.69) is 0 Å². The lowest BCUT2D eigenvalue weighted by atomic mass is 10.1. The summed E-state index contributed by atoms with van der Waals surface area (Å²) in [6.07, 6.45) is 0. The number of nitrogens with zero attached hydrogens (tertiary/aromatic N) is 1. The molecule has 0 saturated carbocycles. The maximum atomic E-state index is 12.9. The van der Waals surface area contributed by atoms with Crippen LogP contribution in [0.4, 0.5) is 0 Å². The molecule has 0 aromatic heterocycles. The summed E-state index contributed by atoms with van der Waals surface area (Å²) >= 11 is 0. The van der Waals surface area contributed by atoms with Crippen molar-refractivity contribution in [1.29, 1.82) is 0 Å². The first-order valence-electron chi connectivity index (χ1n) is 7.95. The summed E-state index contributed by atoms with van der Waals surface area (Å²) < 4.78 is 37.7. The molecule has 2 aromatic rings. The lowest BCUT2D eigenvalue weighted by molar-refractivity contribution is 0.353. The fourth-order valence-electron chi connectivity index (χ4n) is 2.57. The van der Waals surface area contributed by atoms with Gasteiger partial charge in [-0.15, -0.1) is 0 Å². The maximum Gasteiger partial charge on any atom is 0.243 e. The fraction of sp³-hybridized carbons (Fsp3) is 0.368. The lowest BCUT2D eigenvalue weighted by Gasteiger charge is -2.20. The summed E-state index contributed by atoms with van der Waals surface area (Å²) in [6.45, 7) is 6.05. The van der Waals surface area contributed by atoms with Crippen LogP contribution in [0.25, 0.3) is 0 Å². The van der Waals surface area contributed by atoms with Crippen molar-refractivity contribution in [3.05, 3.63) is 52.6 Å². The molecule has 6 heteroatoms. The maximum absolute atomic E-state index is 12.9. The molecule has 2 rings (SSSR count). The van der Waals surface area contributed by atoms with Crippen molar-refractivity contribution in [1.82, 2.24) is 4.31 Å². The van der Waals surface area contributed by atoms with E-state index in [1.165, 1.54) is 4.31 Å². The third-order valence-electron chi connectivity index (χ3n) is 4.42. The Morgan fingerprint density at radius 1 is 0.880 bits per heavy atom. The van der Waals surface area contributed by atoms with Crippen LogP contribution in [0.15, 0.2) is 35.2 Å². The quantitative estimate of drug-likeness (QED) is 0.789. The average Bonchev–Trinajstić information content (AvgIpc) is 2.58. The van der Waals surface area contributed by atoms with E-state index >= 15 is 0 Å². The second-order valence-corrected chi connectivity index (χ2v) is 8.19. The molecule has 0 unspecified atom stereocenters. The summed E-state index contributed by atoms with van der Waals surface area (Å²) in [5.41, 5.74) is 3.83. The predicted molar refractivity (Wildman–Crippen MR) is 98.9 cm³/mol. The van der Waals surface area contributed by atoms with Crippen LogP contribution < -0.4 is 9.47 Å². The third kappa shape index (κ3) is 3.96. The van der Waals surface area contributed by atoms with E-state index < -0.39 is 10.0 Å². The minimum absolute atomic E-state index is 0.251. The summed E-state index contributed by atoms with van der Waals surface area (Å²) in [6, 6.07) is 8.86. The van der Waals surface area contributed by atoms with E-state index in [0.717, 1.165) is 22.3 Å². The van der Waals surface area contributed by atoms with Gasteiger partial charge in [-0.05, 0) is 67.3 Å². The SMILES string of the molecule is COc1cc(C)c(CN(C)S(=O)(=O)c2ccc(C)c(C)c2)cc1OC. The Labute approximate surface area is 150 Å². The standard InChI is InChI=1S/C19H25NO4S/c1-13-7-8-17(9-14(13)2)25(21,22)20(4)12-16-11-19(24-6)18(23-5)10-15(16)3/h7-11H,12H2,1-6H3. The molecule has 2 aromatic carbocycles. The highest BCUT2D eigenvalue weighted by atomic mass is 32.2. The Kier molecular flexibility index (Phi) is 5.75. The minimum atomic E-state index is -3.57.